The average Bonchev–Trinajstić information content (AvgIpc) is 3.34. The summed E-state index contributed by atoms with van der Waals surface area (Å²) in [6.07, 6.45) is 1.81. The molecule has 1 aliphatic heterocycles. The molecule has 8 heteroatoms. The lowest BCUT2D eigenvalue weighted by Gasteiger charge is -2.31. The van der Waals surface area contributed by atoms with E-state index in [0.717, 1.165) is 44.9 Å². The van der Waals surface area contributed by atoms with Crippen LogP contribution in [0.5, 0.6) is 0 Å². The number of nitrogens with zero attached hydrogens (tertiary/aromatic N) is 3. The van der Waals surface area contributed by atoms with Crippen LogP contribution >= 0.6 is 27.7 Å². The van der Waals surface area contributed by atoms with Crippen molar-refractivity contribution in [2.75, 3.05) is 18.4 Å². The number of para-hydroxylation sites is 1. The van der Waals surface area contributed by atoms with Crippen LogP contribution < -0.4 is 5.32 Å². The number of benzene rings is 3. The number of likely N-dealkylation sites (tertiary alicyclic amines) is 1. The molecule has 1 unspecified atom stereocenters. The van der Waals surface area contributed by atoms with E-state index < -0.39 is 0 Å². The summed E-state index contributed by atoms with van der Waals surface area (Å²) in [6, 6.07) is 26.0. The maximum absolute atomic E-state index is 13.2. The number of hydrogen-bond acceptors (Lipinski definition) is 6. The molecule has 4 aromatic rings. The van der Waals surface area contributed by atoms with Crippen molar-refractivity contribution >= 4 is 39.3 Å². The lowest BCUT2D eigenvalue weighted by atomic mass is 9.97. The van der Waals surface area contributed by atoms with Crippen molar-refractivity contribution in [1.82, 2.24) is 15.0 Å². The lowest BCUT2D eigenvalue weighted by molar-refractivity contribution is -0.121. The number of halogens is 1. The van der Waals surface area contributed by atoms with Gasteiger partial charge in [0.1, 0.15) is 0 Å². The van der Waals surface area contributed by atoms with Gasteiger partial charge in [0.25, 0.3) is 0 Å². The Bertz CT molecular complexity index is 1300. The van der Waals surface area contributed by atoms with Gasteiger partial charge in [0.05, 0.1) is 18.2 Å². The van der Waals surface area contributed by atoms with Gasteiger partial charge in [-0.1, -0.05) is 75.3 Å². The van der Waals surface area contributed by atoms with Crippen molar-refractivity contribution in [1.29, 1.82) is 0 Å². The lowest BCUT2D eigenvalue weighted by Crippen LogP contribution is -2.40. The summed E-state index contributed by atoms with van der Waals surface area (Å²) in [5.74, 6) is 1.09. The van der Waals surface area contributed by atoms with Gasteiger partial charge in [-0.25, -0.2) is 0 Å². The number of carbonyl (C=O) groups is 1. The molecule has 5 rings (SSSR count). The monoisotopic (exact) mass is 548 g/mol. The van der Waals surface area contributed by atoms with Gasteiger partial charge in [-0.05, 0) is 55.8 Å². The van der Waals surface area contributed by atoms with Crippen LogP contribution in [0.1, 0.15) is 18.7 Å². The number of rotatable bonds is 7. The van der Waals surface area contributed by atoms with E-state index in [-0.39, 0.29) is 11.8 Å². The first kappa shape index (κ1) is 23.8. The van der Waals surface area contributed by atoms with Crippen LogP contribution in [0.25, 0.3) is 11.4 Å². The van der Waals surface area contributed by atoms with Crippen molar-refractivity contribution in [3.05, 3.63) is 89.2 Å². The fraction of sp³-hybridized carbons (Fsp3) is 0.222. The summed E-state index contributed by atoms with van der Waals surface area (Å²) in [5, 5.41) is 7.31. The Hall–Kier alpha value is -2.94. The summed E-state index contributed by atoms with van der Waals surface area (Å²) in [5.41, 5.74) is 1.75. The van der Waals surface area contributed by atoms with Crippen LogP contribution in [0.3, 0.4) is 0 Å². The Balaban J connectivity index is 1.21. The van der Waals surface area contributed by atoms with E-state index in [4.69, 9.17) is 4.52 Å². The standard InChI is InChI=1S/C27H25BrN4O2S/c28-21-10-6-8-19(16-21)26-30-25(34-31-26)18-32-15-7-9-20(17-32)27(33)29-23-13-4-5-14-24(23)35-22-11-2-1-3-12-22/h1-6,8,10-14,16,20H,7,9,15,17-18H2,(H,29,33). The molecule has 6 nitrogen and oxygen atoms in total. The molecule has 0 saturated carbocycles. The average molecular weight is 549 g/mol. The highest BCUT2D eigenvalue weighted by Gasteiger charge is 2.27. The second-order valence-corrected chi connectivity index (χ2v) is 10.5. The van der Waals surface area contributed by atoms with Crippen LogP contribution in [-0.2, 0) is 11.3 Å². The molecule has 1 saturated heterocycles. The minimum atomic E-state index is -0.0917. The molecule has 0 radical (unpaired) electrons. The van der Waals surface area contributed by atoms with Gasteiger partial charge in [-0.15, -0.1) is 0 Å². The number of nitrogens with one attached hydrogen (secondary N) is 1. The molecule has 35 heavy (non-hydrogen) atoms. The summed E-state index contributed by atoms with van der Waals surface area (Å²) >= 11 is 5.13. The molecular formula is C27H25BrN4O2S. The molecule has 1 N–H and O–H groups in total. The molecular weight excluding hydrogens is 524 g/mol. The summed E-state index contributed by atoms with van der Waals surface area (Å²) in [4.78, 5) is 22.1. The van der Waals surface area contributed by atoms with E-state index in [9.17, 15) is 4.79 Å². The molecule has 1 amide bonds. The largest absolute Gasteiger partial charge is 0.338 e. The Morgan fingerprint density at radius 3 is 2.77 bits per heavy atom. The smallest absolute Gasteiger partial charge is 0.241 e. The van der Waals surface area contributed by atoms with Gasteiger partial charge >= 0.3 is 0 Å². The van der Waals surface area contributed by atoms with Crippen LogP contribution in [0.4, 0.5) is 5.69 Å². The highest BCUT2D eigenvalue weighted by atomic mass is 79.9. The minimum absolute atomic E-state index is 0.0520. The van der Waals surface area contributed by atoms with E-state index in [1.165, 1.54) is 0 Å². The van der Waals surface area contributed by atoms with Crippen molar-refractivity contribution in [3.8, 4) is 11.4 Å². The maximum Gasteiger partial charge on any atom is 0.241 e. The molecule has 1 aliphatic rings. The van der Waals surface area contributed by atoms with Gasteiger partial charge in [-0.3, -0.25) is 9.69 Å². The first-order chi connectivity index (χ1) is 17.1. The zero-order valence-corrected chi connectivity index (χ0v) is 21.5. The maximum atomic E-state index is 13.2. The van der Waals surface area contributed by atoms with Crippen LogP contribution in [-0.4, -0.2) is 34.0 Å². The second kappa shape index (κ2) is 11.2. The third kappa shape index (κ3) is 6.20. The molecule has 1 aromatic heterocycles. The Kier molecular flexibility index (Phi) is 7.61. The molecule has 3 aromatic carbocycles. The molecule has 0 bridgehead atoms. The third-order valence-corrected chi connectivity index (χ3v) is 7.48. The normalized spacial score (nSPS) is 16.2. The van der Waals surface area contributed by atoms with E-state index in [1.807, 2.05) is 66.7 Å². The predicted molar refractivity (Wildman–Crippen MR) is 141 cm³/mol. The minimum Gasteiger partial charge on any atom is -0.338 e. The summed E-state index contributed by atoms with van der Waals surface area (Å²) < 4.78 is 6.47. The number of anilines is 1. The Morgan fingerprint density at radius 1 is 1.09 bits per heavy atom. The van der Waals surface area contributed by atoms with Crippen LogP contribution in [0.2, 0.25) is 0 Å². The number of hydrogen-bond donors (Lipinski definition) is 1. The van der Waals surface area contributed by atoms with Crippen molar-refractivity contribution in [3.63, 3.8) is 0 Å². The number of piperidine rings is 1. The third-order valence-electron chi connectivity index (χ3n) is 5.90. The SMILES string of the molecule is O=C(Nc1ccccc1Sc1ccccc1)C1CCCN(Cc2nc(-c3cccc(Br)c3)no2)C1. The Labute approximate surface area is 217 Å². The topological polar surface area (TPSA) is 71.3 Å². The molecule has 1 atom stereocenters. The van der Waals surface area contributed by atoms with E-state index in [0.29, 0.717) is 24.8 Å². The van der Waals surface area contributed by atoms with Crippen LogP contribution in [0, 0.1) is 5.92 Å². The van der Waals surface area contributed by atoms with Crippen molar-refractivity contribution in [2.24, 2.45) is 5.92 Å². The fourth-order valence-corrected chi connectivity index (χ4v) is 5.50. The van der Waals surface area contributed by atoms with Crippen molar-refractivity contribution < 1.29 is 9.32 Å². The first-order valence-electron chi connectivity index (χ1n) is 11.6. The highest BCUT2D eigenvalue weighted by Crippen LogP contribution is 2.33. The number of amides is 1. The van der Waals surface area contributed by atoms with Crippen LogP contribution in [0.15, 0.2) is 97.6 Å². The quantitative estimate of drug-likeness (QED) is 0.284. The molecule has 178 valence electrons. The van der Waals surface area contributed by atoms with Crippen molar-refractivity contribution in [2.45, 2.75) is 29.2 Å². The van der Waals surface area contributed by atoms with Gasteiger partial charge in [-0.2, -0.15) is 4.98 Å². The number of carbonyl (C=O) groups excluding carboxylic acids is 1. The zero-order chi connectivity index (χ0) is 24.0. The van der Waals surface area contributed by atoms with Gasteiger partial charge in [0.2, 0.25) is 17.6 Å². The zero-order valence-electron chi connectivity index (χ0n) is 19.1. The van der Waals surface area contributed by atoms with Gasteiger partial charge in [0, 0.05) is 26.4 Å². The van der Waals surface area contributed by atoms with Gasteiger partial charge in [0.15, 0.2) is 0 Å². The molecule has 1 fully saturated rings. The number of aromatic nitrogens is 2. The molecule has 0 aliphatic carbocycles. The first-order valence-corrected chi connectivity index (χ1v) is 13.2. The molecule has 0 spiro atoms. The predicted octanol–water partition coefficient (Wildman–Crippen LogP) is 6.50. The van der Waals surface area contributed by atoms with E-state index >= 15 is 0 Å². The fourth-order valence-electron chi connectivity index (χ4n) is 4.18. The van der Waals surface area contributed by atoms with Gasteiger partial charge < -0.3 is 9.84 Å². The van der Waals surface area contributed by atoms with E-state index in [1.54, 1.807) is 11.8 Å². The summed E-state index contributed by atoms with van der Waals surface area (Å²) in [6.45, 7) is 2.10. The summed E-state index contributed by atoms with van der Waals surface area (Å²) in [7, 11) is 0. The Morgan fingerprint density at radius 2 is 1.91 bits per heavy atom. The molecule has 2 heterocycles. The second-order valence-electron chi connectivity index (χ2n) is 8.50. The highest BCUT2D eigenvalue weighted by molar-refractivity contribution is 9.10. The van der Waals surface area contributed by atoms with E-state index in [2.05, 4.69) is 48.4 Å².